The number of nitrogens with zero attached hydrogens (tertiary/aromatic N) is 4. The van der Waals surface area contributed by atoms with Crippen molar-refractivity contribution in [3.05, 3.63) is 22.7 Å². The summed E-state index contributed by atoms with van der Waals surface area (Å²) in [5.74, 6) is 0.837. The zero-order valence-corrected chi connectivity index (χ0v) is 12.0. The third-order valence-electron chi connectivity index (χ3n) is 3.92. The average Bonchev–Trinajstić information content (AvgIpc) is 2.28. The van der Waals surface area contributed by atoms with Crippen LogP contribution < -0.4 is 5.32 Å². The minimum absolute atomic E-state index is 0.543. The van der Waals surface area contributed by atoms with E-state index in [0.717, 1.165) is 63.4 Å². The monoisotopic (exact) mass is 281 g/mol. The Bertz CT molecular complexity index is 420. The summed E-state index contributed by atoms with van der Waals surface area (Å²) in [6, 6.07) is 2.55. The quantitative estimate of drug-likeness (QED) is 0.819. The van der Waals surface area contributed by atoms with Gasteiger partial charge in [-0.15, -0.1) is 0 Å². The SMILES string of the molecule is Cc1cc(Cl)nc(CN2CCN(C3CNC3)CC2)n1. The molecule has 0 amide bonds. The number of aromatic nitrogens is 2. The maximum Gasteiger partial charge on any atom is 0.144 e. The second-order valence-electron chi connectivity index (χ2n) is 5.37. The van der Waals surface area contributed by atoms with Gasteiger partial charge >= 0.3 is 0 Å². The molecule has 6 heteroatoms. The van der Waals surface area contributed by atoms with Gasteiger partial charge in [-0.3, -0.25) is 9.80 Å². The van der Waals surface area contributed by atoms with E-state index in [1.165, 1.54) is 0 Å². The molecule has 0 atom stereocenters. The van der Waals surface area contributed by atoms with Gasteiger partial charge in [-0.25, -0.2) is 9.97 Å². The van der Waals surface area contributed by atoms with Crippen LogP contribution in [0.4, 0.5) is 0 Å². The lowest BCUT2D eigenvalue weighted by atomic mass is 10.1. The third kappa shape index (κ3) is 3.23. The number of aryl methyl sites for hydroxylation is 1. The van der Waals surface area contributed by atoms with Crippen molar-refractivity contribution in [3.63, 3.8) is 0 Å². The lowest BCUT2D eigenvalue weighted by molar-refractivity contribution is 0.0684. The van der Waals surface area contributed by atoms with Crippen LogP contribution in [0, 0.1) is 6.92 Å². The smallest absolute Gasteiger partial charge is 0.144 e. The van der Waals surface area contributed by atoms with E-state index in [4.69, 9.17) is 11.6 Å². The highest BCUT2D eigenvalue weighted by molar-refractivity contribution is 6.29. The van der Waals surface area contributed by atoms with Crippen molar-refractivity contribution in [1.82, 2.24) is 25.1 Å². The van der Waals surface area contributed by atoms with Gasteiger partial charge < -0.3 is 5.32 Å². The van der Waals surface area contributed by atoms with Gasteiger partial charge in [-0.2, -0.15) is 0 Å². The highest BCUT2D eigenvalue weighted by Crippen LogP contribution is 2.12. The van der Waals surface area contributed by atoms with Crippen molar-refractivity contribution in [2.24, 2.45) is 0 Å². The molecule has 5 nitrogen and oxygen atoms in total. The first-order valence-electron chi connectivity index (χ1n) is 6.88. The Hall–Kier alpha value is -0.750. The Labute approximate surface area is 119 Å². The van der Waals surface area contributed by atoms with Gasteiger partial charge in [-0.05, 0) is 13.0 Å². The molecule has 1 aromatic heterocycles. The molecular weight excluding hydrogens is 262 g/mol. The van der Waals surface area contributed by atoms with Gasteiger partial charge in [0.2, 0.25) is 0 Å². The van der Waals surface area contributed by atoms with Gasteiger partial charge in [0.05, 0.1) is 6.54 Å². The molecule has 1 N–H and O–H groups in total. The number of nitrogens with one attached hydrogen (secondary N) is 1. The molecule has 0 saturated carbocycles. The fraction of sp³-hybridized carbons (Fsp3) is 0.692. The van der Waals surface area contributed by atoms with E-state index in [1.54, 1.807) is 6.07 Å². The molecule has 0 aliphatic carbocycles. The summed E-state index contributed by atoms with van der Waals surface area (Å²) < 4.78 is 0. The zero-order valence-electron chi connectivity index (χ0n) is 11.3. The van der Waals surface area contributed by atoms with E-state index < -0.39 is 0 Å². The van der Waals surface area contributed by atoms with Crippen molar-refractivity contribution in [3.8, 4) is 0 Å². The Morgan fingerprint density at radius 1 is 1.26 bits per heavy atom. The highest BCUT2D eigenvalue weighted by Gasteiger charge is 2.27. The van der Waals surface area contributed by atoms with E-state index in [-0.39, 0.29) is 0 Å². The first kappa shape index (κ1) is 13.2. The number of piperazine rings is 1. The summed E-state index contributed by atoms with van der Waals surface area (Å²) >= 11 is 5.97. The van der Waals surface area contributed by atoms with Crippen LogP contribution in [0.3, 0.4) is 0 Å². The van der Waals surface area contributed by atoms with E-state index in [9.17, 15) is 0 Å². The molecular formula is C13H20ClN5. The number of halogens is 1. The molecule has 3 rings (SSSR count). The molecule has 104 valence electrons. The van der Waals surface area contributed by atoms with Crippen molar-refractivity contribution in [1.29, 1.82) is 0 Å². The van der Waals surface area contributed by atoms with Crippen LogP contribution in [0.2, 0.25) is 5.15 Å². The lowest BCUT2D eigenvalue weighted by Gasteiger charge is -2.43. The Morgan fingerprint density at radius 2 is 2.00 bits per heavy atom. The molecule has 0 radical (unpaired) electrons. The molecule has 2 saturated heterocycles. The molecule has 2 aliphatic rings. The summed E-state index contributed by atoms with van der Waals surface area (Å²) in [6.45, 7) is 9.53. The number of hydrogen-bond donors (Lipinski definition) is 1. The van der Waals surface area contributed by atoms with E-state index in [0.29, 0.717) is 5.15 Å². The molecule has 0 unspecified atom stereocenters. The van der Waals surface area contributed by atoms with Crippen LogP contribution in [0.25, 0.3) is 0 Å². The largest absolute Gasteiger partial charge is 0.314 e. The van der Waals surface area contributed by atoms with Gasteiger partial charge in [0, 0.05) is 51.0 Å². The average molecular weight is 282 g/mol. The second kappa shape index (κ2) is 5.71. The van der Waals surface area contributed by atoms with Gasteiger partial charge in [0.1, 0.15) is 11.0 Å². The van der Waals surface area contributed by atoms with Crippen LogP contribution in [0.15, 0.2) is 6.07 Å². The molecule has 1 aromatic rings. The van der Waals surface area contributed by atoms with Crippen molar-refractivity contribution >= 4 is 11.6 Å². The normalized spacial score (nSPS) is 22.4. The van der Waals surface area contributed by atoms with Crippen LogP contribution in [0.5, 0.6) is 0 Å². The van der Waals surface area contributed by atoms with Crippen molar-refractivity contribution in [2.75, 3.05) is 39.3 Å². The van der Waals surface area contributed by atoms with Crippen molar-refractivity contribution < 1.29 is 0 Å². The third-order valence-corrected chi connectivity index (χ3v) is 4.11. The van der Waals surface area contributed by atoms with Crippen molar-refractivity contribution in [2.45, 2.75) is 19.5 Å². The second-order valence-corrected chi connectivity index (χ2v) is 5.76. The maximum atomic E-state index is 5.97. The topological polar surface area (TPSA) is 44.3 Å². The predicted molar refractivity (Wildman–Crippen MR) is 75.3 cm³/mol. The summed E-state index contributed by atoms with van der Waals surface area (Å²) in [4.78, 5) is 13.7. The molecule has 2 aliphatic heterocycles. The van der Waals surface area contributed by atoms with E-state index >= 15 is 0 Å². The van der Waals surface area contributed by atoms with Crippen LogP contribution in [0.1, 0.15) is 11.5 Å². The van der Waals surface area contributed by atoms with Gasteiger partial charge in [-0.1, -0.05) is 11.6 Å². The van der Waals surface area contributed by atoms with Crippen LogP contribution >= 0.6 is 11.6 Å². The van der Waals surface area contributed by atoms with Crippen LogP contribution in [-0.2, 0) is 6.54 Å². The molecule has 0 bridgehead atoms. The van der Waals surface area contributed by atoms with E-state index in [2.05, 4.69) is 25.1 Å². The summed E-state index contributed by atoms with van der Waals surface area (Å²) in [6.07, 6.45) is 0. The first-order valence-corrected chi connectivity index (χ1v) is 7.26. The molecule has 2 fully saturated rings. The van der Waals surface area contributed by atoms with E-state index in [1.807, 2.05) is 6.92 Å². The number of hydrogen-bond acceptors (Lipinski definition) is 5. The lowest BCUT2D eigenvalue weighted by Crippen LogP contribution is -2.61. The minimum atomic E-state index is 0.543. The highest BCUT2D eigenvalue weighted by atomic mass is 35.5. The van der Waals surface area contributed by atoms with Crippen LogP contribution in [-0.4, -0.2) is 65.1 Å². The predicted octanol–water partition coefficient (Wildman–Crippen LogP) is 0.528. The summed E-state index contributed by atoms with van der Waals surface area (Å²) in [7, 11) is 0. The number of rotatable bonds is 3. The fourth-order valence-corrected chi connectivity index (χ4v) is 2.93. The fourth-order valence-electron chi connectivity index (χ4n) is 2.68. The maximum absolute atomic E-state index is 5.97. The molecule has 3 heterocycles. The first-order chi connectivity index (χ1) is 9.20. The molecule has 0 aromatic carbocycles. The molecule has 19 heavy (non-hydrogen) atoms. The summed E-state index contributed by atoms with van der Waals surface area (Å²) in [5, 5.41) is 3.88. The zero-order chi connectivity index (χ0) is 13.2. The van der Waals surface area contributed by atoms with Gasteiger partial charge in [0.15, 0.2) is 0 Å². The van der Waals surface area contributed by atoms with Gasteiger partial charge in [0.25, 0.3) is 0 Å². The minimum Gasteiger partial charge on any atom is -0.314 e. The Morgan fingerprint density at radius 3 is 2.58 bits per heavy atom. The summed E-state index contributed by atoms with van der Waals surface area (Å²) in [5.41, 5.74) is 0.939. The Kier molecular flexibility index (Phi) is 3.98. The standard InChI is InChI=1S/C13H20ClN5/c1-10-6-12(14)17-13(16-10)9-18-2-4-19(5-3-18)11-7-15-8-11/h6,11,15H,2-5,7-9H2,1H3. The molecule has 0 spiro atoms. The Balaban J connectivity index is 1.53.